The number of nitrogens with two attached hydrogens (primary N) is 1. The van der Waals surface area contributed by atoms with Gasteiger partial charge in [-0.3, -0.25) is 14.4 Å². The van der Waals surface area contributed by atoms with Crippen molar-refractivity contribution >= 4 is 17.7 Å². The second-order valence-electron chi connectivity index (χ2n) is 5.94. The lowest BCUT2D eigenvalue weighted by Crippen LogP contribution is -2.33. The molecule has 0 rings (SSSR count). The zero-order valence-corrected chi connectivity index (χ0v) is 17.3. The molecule has 0 radical (unpaired) electrons. The van der Waals surface area contributed by atoms with Crippen molar-refractivity contribution in [3.8, 4) is 0 Å². The highest BCUT2D eigenvalue weighted by Gasteiger charge is 2.02. The molecule has 170 valence electrons. The van der Waals surface area contributed by atoms with E-state index in [4.69, 9.17) is 24.7 Å². The Morgan fingerprint density at radius 2 is 1.10 bits per heavy atom. The van der Waals surface area contributed by atoms with Crippen molar-refractivity contribution in [2.75, 3.05) is 79.0 Å². The van der Waals surface area contributed by atoms with Crippen LogP contribution in [-0.2, 0) is 33.3 Å². The Hall–Kier alpha value is -1.79. The van der Waals surface area contributed by atoms with Crippen molar-refractivity contribution in [2.24, 2.45) is 5.73 Å². The van der Waals surface area contributed by atoms with Crippen molar-refractivity contribution in [2.45, 2.75) is 19.8 Å². The summed E-state index contributed by atoms with van der Waals surface area (Å²) in [5.41, 5.74) is 5.14. The third kappa shape index (κ3) is 20.7. The van der Waals surface area contributed by atoms with Gasteiger partial charge in [-0.05, 0) is 6.42 Å². The Kier molecular flexibility index (Phi) is 19.6. The summed E-state index contributed by atoms with van der Waals surface area (Å²) >= 11 is 0. The Balaban J connectivity index is 3.28. The quantitative estimate of drug-likeness (QED) is 0.168. The average Bonchev–Trinajstić information content (AvgIpc) is 2.71. The molecule has 0 aromatic carbocycles. The number of amides is 3. The van der Waals surface area contributed by atoms with Crippen LogP contribution in [0.5, 0.6) is 0 Å². The second kappa shape index (κ2) is 20.9. The molecular weight excluding hydrogens is 384 g/mol. The zero-order chi connectivity index (χ0) is 21.6. The highest BCUT2D eigenvalue weighted by atomic mass is 16.5. The summed E-state index contributed by atoms with van der Waals surface area (Å²) in [6, 6.07) is 0. The van der Waals surface area contributed by atoms with Gasteiger partial charge in [0.15, 0.2) is 0 Å². The third-order valence-electron chi connectivity index (χ3n) is 3.39. The number of unbranched alkanes of at least 4 members (excludes halogenated alkanes) is 1. The van der Waals surface area contributed by atoms with E-state index in [1.807, 2.05) is 0 Å². The standard InChI is InChI=1S/C18H36N4O7/c1-2-3-4-20-17(24)14-28-11-10-27-8-6-22-18(25)15-29-12-9-26-7-5-21-16(23)13-19/h2-15,19H2,1H3,(H,20,24)(H,21,23)(H,22,25). The third-order valence-corrected chi connectivity index (χ3v) is 3.39. The molecule has 0 unspecified atom stereocenters. The lowest BCUT2D eigenvalue weighted by Gasteiger charge is -2.08. The van der Waals surface area contributed by atoms with E-state index in [0.29, 0.717) is 52.7 Å². The summed E-state index contributed by atoms with van der Waals surface area (Å²) < 4.78 is 20.9. The number of hydrogen-bond donors (Lipinski definition) is 4. The number of ether oxygens (including phenoxy) is 4. The molecule has 0 spiro atoms. The maximum atomic E-state index is 11.5. The maximum absolute atomic E-state index is 11.5. The largest absolute Gasteiger partial charge is 0.377 e. The van der Waals surface area contributed by atoms with Gasteiger partial charge in [-0.1, -0.05) is 13.3 Å². The Morgan fingerprint density at radius 1 is 0.655 bits per heavy atom. The molecule has 0 aliphatic heterocycles. The zero-order valence-electron chi connectivity index (χ0n) is 17.3. The maximum Gasteiger partial charge on any atom is 0.246 e. The van der Waals surface area contributed by atoms with Crippen LogP contribution >= 0.6 is 0 Å². The summed E-state index contributed by atoms with van der Waals surface area (Å²) in [5, 5.41) is 7.98. The van der Waals surface area contributed by atoms with Crippen molar-refractivity contribution in [3.05, 3.63) is 0 Å². The van der Waals surface area contributed by atoms with E-state index in [2.05, 4.69) is 22.9 Å². The molecule has 0 aliphatic carbocycles. The van der Waals surface area contributed by atoms with Crippen LogP contribution in [0.1, 0.15) is 19.8 Å². The first-order valence-corrected chi connectivity index (χ1v) is 9.91. The van der Waals surface area contributed by atoms with Crippen LogP contribution in [0.2, 0.25) is 0 Å². The van der Waals surface area contributed by atoms with Crippen molar-refractivity contribution in [1.29, 1.82) is 0 Å². The molecule has 0 fully saturated rings. The molecule has 0 saturated carbocycles. The molecule has 0 bridgehead atoms. The molecule has 11 nitrogen and oxygen atoms in total. The highest BCUT2D eigenvalue weighted by molar-refractivity contribution is 5.78. The van der Waals surface area contributed by atoms with Crippen molar-refractivity contribution in [1.82, 2.24) is 16.0 Å². The molecule has 0 heterocycles. The van der Waals surface area contributed by atoms with E-state index in [0.717, 1.165) is 12.8 Å². The summed E-state index contributed by atoms with van der Waals surface area (Å²) in [6.07, 6.45) is 1.99. The number of carbonyl (C=O) groups excluding carboxylic acids is 3. The van der Waals surface area contributed by atoms with Gasteiger partial charge in [0, 0.05) is 19.6 Å². The SMILES string of the molecule is CCCCNC(=O)COCCOCCNC(=O)COCCOCCNC(=O)CN. The van der Waals surface area contributed by atoms with Gasteiger partial charge in [0.05, 0.1) is 46.2 Å². The Morgan fingerprint density at radius 3 is 1.59 bits per heavy atom. The number of nitrogens with one attached hydrogen (secondary N) is 3. The van der Waals surface area contributed by atoms with E-state index in [1.54, 1.807) is 0 Å². The van der Waals surface area contributed by atoms with E-state index in [9.17, 15) is 14.4 Å². The fourth-order valence-electron chi connectivity index (χ4n) is 1.87. The van der Waals surface area contributed by atoms with Gasteiger partial charge in [0.25, 0.3) is 0 Å². The lowest BCUT2D eigenvalue weighted by atomic mass is 10.3. The van der Waals surface area contributed by atoms with Crippen LogP contribution in [-0.4, -0.2) is 96.8 Å². The minimum absolute atomic E-state index is 0.0210. The number of rotatable bonds is 20. The molecule has 5 N–H and O–H groups in total. The highest BCUT2D eigenvalue weighted by Crippen LogP contribution is 1.84. The van der Waals surface area contributed by atoms with Gasteiger partial charge in [-0.25, -0.2) is 0 Å². The Labute approximate surface area is 172 Å². The molecule has 0 aromatic rings. The molecule has 0 aromatic heterocycles. The topological polar surface area (TPSA) is 150 Å². The predicted octanol–water partition coefficient (Wildman–Crippen LogP) is -1.84. The minimum atomic E-state index is -0.246. The average molecular weight is 421 g/mol. The fourth-order valence-corrected chi connectivity index (χ4v) is 1.87. The number of carbonyl (C=O) groups is 3. The van der Waals surface area contributed by atoms with Crippen LogP contribution < -0.4 is 21.7 Å². The molecule has 0 aliphatic rings. The first kappa shape index (κ1) is 27.2. The van der Waals surface area contributed by atoms with Crippen LogP contribution in [0.15, 0.2) is 0 Å². The first-order valence-electron chi connectivity index (χ1n) is 9.91. The minimum Gasteiger partial charge on any atom is -0.377 e. The van der Waals surface area contributed by atoms with E-state index >= 15 is 0 Å². The van der Waals surface area contributed by atoms with Crippen molar-refractivity contribution in [3.63, 3.8) is 0 Å². The van der Waals surface area contributed by atoms with Gasteiger partial charge in [0.1, 0.15) is 13.2 Å². The predicted molar refractivity (Wildman–Crippen MR) is 106 cm³/mol. The molecule has 3 amide bonds. The fraction of sp³-hybridized carbons (Fsp3) is 0.833. The van der Waals surface area contributed by atoms with Crippen LogP contribution in [0.4, 0.5) is 0 Å². The monoisotopic (exact) mass is 420 g/mol. The summed E-state index contributed by atoms with van der Waals surface area (Å²) in [6.45, 7) is 5.33. The molecule has 0 saturated heterocycles. The van der Waals surface area contributed by atoms with Crippen molar-refractivity contribution < 1.29 is 33.3 Å². The lowest BCUT2D eigenvalue weighted by molar-refractivity contribution is -0.127. The van der Waals surface area contributed by atoms with Gasteiger partial charge >= 0.3 is 0 Å². The normalized spacial score (nSPS) is 10.6. The molecule has 0 atom stereocenters. The molecular formula is C18H36N4O7. The van der Waals surface area contributed by atoms with Crippen LogP contribution in [0.25, 0.3) is 0 Å². The second-order valence-corrected chi connectivity index (χ2v) is 5.94. The molecule has 11 heteroatoms. The van der Waals surface area contributed by atoms with E-state index in [1.165, 1.54) is 0 Å². The van der Waals surface area contributed by atoms with Gasteiger partial charge in [-0.15, -0.1) is 0 Å². The van der Waals surface area contributed by atoms with E-state index < -0.39 is 0 Å². The summed E-state index contributed by atoms with van der Waals surface area (Å²) in [4.78, 5) is 33.8. The van der Waals surface area contributed by atoms with Gasteiger partial charge in [0.2, 0.25) is 17.7 Å². The Bertz CT molecular complexity index is 438. The van der Waals surface area contributed by atoms with Gasteiger partial charge in [-0.2, -0.15) is 0 Å². The summed E-state index contributed by atoms with van der Waals surface area (Å²) in [5.74, 6) is -0.610. The number of hydrogen-bond acceptors (Lipinski definition) is 8. The van der Waals surface area contributed by atoms with E-state index in [-0.39, 0.29) is 44.1 Å². The van der Waals surface area contributed by atoms with Crippen LogP contribution in [0.3, 0.4) is 0 Å². The van der Waals surface area contributed by atoms with Crippen LogP contribution in [0, 0.1) is 0 Å². The smallest absolute Gasteiger partial charge is 0.246 e. The van der Waals surface area contributed by atoms with Gasteiger partial charge < -0.3 is 40.6 Å². The molecule has 29 heavy (non-hydrogen) atoms. The summed E-state index contributed by atoms with van der Waals surface area (Å²) in [7, 11) is 0. The first-order chi connectivity index (χ1) is 14.1.